The van der Waals surface area contributed by atoms with Gasteiger partial charge in [0.05, 0.1) is 39.7 Å². The molecular weight excluding hydrogens is 536 g/mol. The van der Waals surface area contributed by atoms with Crippen LogP contribution in [0, 0.1) is 0 Å². The van der Waals surface area contributed by atoms with Gasteiger partial charge >= 0.3 is 5.97 Å². The number of amides is 1. The Hall–Kier alpha value is -3.80. The molecule has 1 atom stereocenters. The molecule has 202 valence electrons. The highest BCUT2D eigenvalue weighted by Crippen LogP contribution is 2.34. The van der Waals surface area contributed by atoms with E-state index in [9.17, 15) is 18.0 Å². The minimum atomic E-state index is -4.29. The van der Waals surface area contributed by atoms with Crippen LogP contribution in [0.2, 0.25) is 5.02 Å². The molecular formula is C26H27ClN2O8S. The molecule has 0 saturated carbocycles. The van der Waals surface area contributed by atoms with Crippen molar-refractivity contribution in [3.8, 4) is 17.2 Å². The van der Waals surface area contributed by atoms with E-state index in [0.29, 0.717) is 5.56 Å². The molecule has 0 fully saturated rings. The number of carbonyl (C=O) groups excluding carboxylic acids is 2. The zero-order valence-corrected chi connectivity index (χ0v) is 22.7. The van der Waals surface area contributed by atoms with Gasteiger partial charge in [0.15, 0.2) is 11.5 Å². The van der Waals surface area contributed by atoms with Crippen molar-refractivity contribution in [1.82, 2.24) is 4.72 Å². The first kappa shape index (κ1) is 28.8. The molecule has 3 rings (SSSR count). The maximum Gasteiger partial charge on any atom is 0.340 e. The molecule has 3 aromatic rings. The maximum absolute atomic E-state index is 13.5. The van der Waals surface area contributed by atoms with Gasteiger partial charge in [-0.2, -0.15) is 4.72 Å². The minimum absolute atomic E-state index is 0.00433. The highest BCUT2D eigenvalue weighted by atomic mass is 35.5. The lowest BCUT2D eigenvalue weighted by molar-refractivity contribution is -0.117. The van der Waals surface area contributed by atoms with Gasteiger partial charge in [-0.25, -0.2) is 13.2 Å². The Morgan fingerprint density at radius 1 is 0.868 bits per heavy atom. The molecule has 10 nitrogen and oxygen atoms in total. The second kappa shape index (κ2) is 12.6. The fraction of sp³-hybridized carbons (Fsp3) is 0.231. The van der Waals surface area contributed by atoms with E-state index in [0.717, 1.165) is 0 Å². The normalized spacial score (nSPS) is 11.8. The summed E-state index contributed by atoms with van der Waals surface area (Å²) in [6, 6.07) is 14.4. The van der Waals surface area contributed by atoms with Crippen LogP contribution in [0.25, 0.3) is 0 Å². The fourth-order valence-electron chi connectivity index (χ4n) is 3.63. The number of sulfonamides is 1. The van der Waals surface area contributed by atoms with E-state index in [1.807, 2.05) is 0 Å². The average Bonchev–Trinajstić information content (AvgIpc) is 2.92. The molecule has 0 heterocycles. The molecule has 38 heavy (non-hydrogen) atoms. The maximum atomic E-state index is 13.5. The first-order valence-electron chi connectivity index (χ1n) is 11.2. The van der Waals surface area contributed by atoms with Gasteiger partial charge in [0.2, 0.25) is 15.9 Å². The third-order valence-electron chi connectivity index (χ3n) is 5.50. The monoisotopic (exact) mass is 562 g/mol. The molecule has 2 N–H and O–H groups in total. The summed E-state index contributed by atoms with van der Waals surface area (Å²) in [6.07, 6.45) is -0.00433. The zero-order valence-electron chi connectivity index (χ0n) is 21.1. The Morgan fingerprint density at radius 3 is 2.11 bits per heavy atom. The quantitative estimate of drug-likeness (QED) is 0.339. The van der Waals surface area contributed by atoms with Crippen molar-refractivity contribution in [1.29, 1.82) is 0 Å². The second-order valence-corrected chi connectivity index (χ2v) is 10.0. The fourth-order valence-corrected chi connectivity index (χ4v) is 5.26. The van der Waals surface area contributed by atoms with Crippen LogP contribution in [0.15, 0.2) is 65.6 Å². The smallest absolute Gasteiger partial charge is 0.340 e. The van der Waals surface area contributed by atoms with E-state index in [1.165, 1.54) is 58.8 Å². The SMILES string of the molecule is COC(=O)c1cc(OC)c(OC)cc1NC(=O)[C@@H](Cc1ccccc1)NS(=O)(=O)c1cc(Cl)ccc1OC. The Balaban J connectivity index is 2.03. The third kappa shape index (κ3) is 6.74. The summed E-state index contributed by atoms with van der Waals surface area (Å²) in [6.45, 7) is 0. The van der Waals surface area contributed by atoms with Crippen LogP contribution in [0.5, 0.6) is 17.2 Å². The van der Waals surface area contributed by atoms with Crippen molar-refractivity contribution in [2.45, 2.75) is 17.4 Å². The Labute approximate surface area is 225 Å². The van der Waals surface area contributed by atoms with Crippen LogP contribution < -0.4 is 24.2 Å². The summed E-state index contributed by atoms with van der Waals surface area (Å²) < 4.78 is 49.8. The van der Waals surface area contributed by atoms with Gasteiger partial charge in [-0.15, -0.1) is 0 Å². The van der Waals surface area contributed by atoms with Gasteiger partial charge in [-0.05, 0) is 30.2 Å². The van der Waals surface area contributed by atoms with Gasteiger partial charge in [0, 0.05) is 17.2 Å². The van der Waals surface area contributed by atoms with E-state index >= 15 is 0 Å². The van der Waals surface area contributed by atoms with Gasteiger partial charge in [-0.1, -0.05) is 41.9 Å². The van der Waals surface area contributed by atoms with Crippen LogP contribution in [0.3, 0.4) is 0 Å². The number of rotatable bonds is 11. The second-order valence-electron chi connectivity index (χ2n) is 7.89. The number of hydrogen-bond acceptors (Lipinski definition) is 8. The first-order valence-corrected chi connectivity index (χ1v) is 13.0. The number of carbonyl (C=O) groups is 2. The van der Waals surface area contributed by atoms with Gasteiger partial charge < -0.3 is 24.3 Å². The van der Waals surface area contributed by atoms with Crippen LogP contribution in [0.4, 0.5) is 5.69 Å². The molecule has 0 saturated heterocycles. The van der Waals surface area contributed by atoms with Crippen LogP contribution in [0.1, 0.15) is 15.9 Å². The van der Waals surface area contributed by atoms with Gasteiger partial charge in [-0.3, -0.25) is 4.79 Å². The predicted octanol–water partition coefficient (Wildman–Crippen LogP) is 3.68. The first-order chi connectivity index (χ1) is 18.1. The lowest BCUT2D eigenvalue weighted by Crippen LogP contribution is -2.45. The minimum Gasteiger partial charge on any atom is -0.495 e. The number of ether oxygens (including phenoxy) is 4. The zero-order chi connectivity index (χ0) is 27.9. The summed E-state index contributed by atoms with van der Waals surface area (Å²) >= 11 is 6.04. The molecule has 0 bridgehead atoms. The molecule has 0 unspecified atom stereocenters. The molecule has 1 amide bonds. The highest BCUT2D eigenvalue weighted by molar-refractivity contribution is 7.89. The number of halogens is 1. The average molecular weight is 563 g/mol. The molecule has 0 aromatic heterocycles. The highest BCUT2D eigenvalue weighted by Gasteiger charge is 2.30. The number of benzene rings is 3. The van der Waals surface area contributed by atoms with Crippen molar-refractivity contribution in [2.24, 2.45) is 0 Å². The number of nitrogens with one attached hydrogen (secondary N) is 2. The van der Waals surface area contributed by atoms with Crippen molar-refractivity contribution in [3.63, 3.8) is 0 Å². The van der Waals surface area contributed by atoms with Gasteiger partial charge in [0.1, 0.15) is 16.7 Å². The molecule has 3 aromatic carbocycles. The molecule has 0 aliphatic heterocycles. The van der Waals surface area contributed by atoms with Crippen molar-refractivity contribution < 1.29 is 37.0 Å². The number of methoxy groups -OCH3 is 4. The van der Waals surface area contributed by atoms with Crippen molar-refractivity contribution >= 4 is 39.2 Å². The Morgan fingerprint density at radius 2 is 1.50 bits per heavy atom. The molecule has 0 aliphatic rings. The Bertz CT molecular complexity index is 1410. The van der Waals surface area contributed by atoms with E-state index in [1.54, 1.807) is 30.3 Å². The summed E-state index contributed by atoms with van der Waals surface area (Å²) in [4.78, 5) is 25.8. The van der Waals surface area contributed by atoms with E-state index in [2.05, 4.69) is 10.0 Å². The lowest BCUT2D eigenvalue weighted by atomic mass is 10.1. The molecule has 12 heteroatoms. The van der Waals surface area contributed by atoms with Crippen molar-refractivity contribution in [2.75, 3.05) is 33.8 Å². The Kier molecular flexibility index (Phi) is 9.56. The summed E-state index contributed by atoms with van der Waals surface area (Å²) in [7, 11) is 1.01. The topological polar surface area (TPSA) is 129 Å². The number of esters is 1. The van der Waals surface area contributed by atoms with Gasteiger partial charge in [0.25, 0.3) is 0 Å². The van der Waals surface area contributed by atoms with Crippen LogP contribution in [-0.4, -0.2) is 54.8 Å². The third-order valence-corrected chi connectivity index (χ3v) is 7.23. The van der Waals surface area contributed by atoms with Crippen LogP contribution in [-0.2, 0) is 26.0 Å². The largest absolute Gasteiger partial charge is 0.495 e. The molecule has 0 spiro atoms. The lowest BCUT2D eigenvalue weighted by Gasteiger charge is -2.21. The van der Waals surface area contributed by atoms with E-state index in [-0.39, 0.29) is 44.8 Å². The molecule has 0 radical (unpaired) electrons. The summed E-state index contributed by atoms with van der Waals surface area (Å²) in [5.41, 5.74) is 0.710. The molecule has 0 aliphatic carbocycles. The van der Waals surface area contributed by atoms with E-state index in [4.69, 9.17) is 30.5 Å². The summed E-state index contributed by atoms with van der Waals surface area (Å²) in [5.74, 6) is -0.964. The van der Waals surface area contributed by atoms with Crippen molar-refractivity contribution in [3.05, 3.63) is 76.8 Å². The standard InChI is InChI=1S/C26H27ClN2O8S/c1-34-21-11-10-17(27)13-24(21)38(32,33)29-20(12-16-8-6-5-7-9-16)25(30)28-19-15-23(36-3)22(35-2)14-18(19)26(31)37-4/h5-11,13-15,20,29H,12H2,1-4H3,(H,28,30)/t20-/m1/s1. The number of anilines is 1. The van der Waals surface area contributed by atoms with E-state index < -0.39 is 27.9 Å². The summed E-state index contributed by atoms with van der Waals surface area (Å²) in [5, 5.41) is 2.80. The predicted molar refractivity (Wildman–Crippen MR) is 142 cm³/mol. The number of hydrogen-bond donors (Lipinski definition) is 2. The van der Waals surface area contributed by atoms with Crippen LogP contribution >= 0.6 is 11.6 Å².